The van der Waals surface area contributed by atoms with Gasteiger partial charge in [0.1, 0.15) is 0 Å². The Bertz CT molecular complexity index is 510. The first-order valence-corrected chi connectivity index (χ1v) is 9.37. The third-order valence-corrected chi connectivity index (χ3v) is 4.66. The molecule has 0 radical (unpaired) electrons. The number of rotatable bonds is 7. The molecule has 6 heteroatoms. The van der Waals surface area contributed by atoms with Gasteiger partial charge in [0.2, 0.25) is 0 Å². The third kappa shape index (κ3) is 7.50. The molecule has 1 aliphatic heterocycles. The van der Waals surface area contributed by atoms with Crippen molar-refractivity contribution in [2.45, 2.75) is 32.4 Å². The number of nitrogens with one attached hydrogen (secondary N) is 2. The van der Waals surface area contributed by atoms with Crippen LogP contribution in [0, 0.1) is 0 Å². The van der Waals surface area contributed by atoms with Gasteiger partial charge in [-0.3, -0.25) is 14.8 Å². The number of halogens is 1. The standard InChI is InChI=1S/C19H31N5.HI/c1-2-20-19(22-18-8-9-18)21-10-11-23-12-14-24(15-13-23)16-17-6-4-3-5-7-17;/h3-7,18H,2,8-16H2,1H3,(H2,20,21,22);1H. The molecule has 0 bridgehead atoms. The van der Waals surface area contributed by atoms with Gasteiger partial charge < -0.3 is 10.6 Å². The van der Waals surface area contributed by atoms with Crippen molar-refractivity contribution in [3.63, 3.8) is 0 Å². The average molecular weight is 457 g/mol. The first-order chi connectivity index (χ1) is 11.8. The molecule has 1 aromatic carbocycles. The molecule has 1 heterocycles. The number of guanidine groups is 1. The second-order valence-electron chi connectivity index (χ2n) is 6.78. The van der Waals surface area contributed by atoms with Crippen LogP contribution in [0.4, 0.5) is 0 Å². The minimum atomic E-state index is 0. The van der Waals surface area contributed by atoms with Crippen LogP contribution in [0.5, 0.6) is 0 Å². The second-order valence-corrected chi connectivity index (χ2v) is 6.78. The van der Waals surface area contributed by atoms with Crippen LogP contribution in [0.1, 0.15) is 25.3 Å². The van der Waals surface area contributed by atoms with Crippen molar-refractivity contribution in [1.29, 1.82) is 0 Å². The first-order valence-electron chi connectivity index (χ1n) is 9.37. The van der Waals surface area contributed by atoms with Gasteiger partial charge in [-0.15, -0.1) is 24.0 Å². The lowest BCUT2D eigenvalue weighted by molar-refractivity contribution is 0.130. The van der Waals surface area contributed by atoms with Gasteiger partial charge in [-0.25, -0.2) is 0 Å². The van der Waals surface area contributed by atoms with E-state index in [0.717, 1.165) is 58.3 Å². The lowest BCUT2D eigenvalue weighted by Gasteiger charge is -2.34. The molecule has 0 aromatic heterocycles. The number of nitrogens with zero attached hydrogens (tertiary/aromatic N) is 3. The maximum absolute atomic E-state index is 4.71. The smallest absolute Gasteiger partial charge is 0.191 e. The molecular formula is C19H32IN5. The van der Waals surface area contributed by atoms with E-state index in [2.05, 4.69) is 57.7 Å². The van der Waals surface area contributed by atoms with E-state index in [4.69, 9.17) is 4.99 Å². The van der Waals surface area contributed by atoms with Gasteiger partial charge in [0.05, 0.1) is 6.54 Å². The van der Waals surface area contributed by atoms with E-state index in [1.165, 1.54) is 18.4 Å². The summed E-state index contributed by atoms with van der Waals surface area (Å²) in [6, 6.07) is 11.4. The molecule has 0 unspecified atom stereocenters. The predicted molar refractivity (Wildman–Crippen MR) is 116 cm³/mol. The molecular weight excluding hydrogens is 425 g/mol. The number of hydrogen-bond donors (Lipinski definition) is 2. The zero-order valence-corrected chi connectivity index (χ0v) is 17.6. The Morgan fingerprint density at radius 3 is 2.40 bits per heavy atom. The van der Waals surface area contributed by atoms with Crippen LogP contribution in [-0.4, -0.2) is 67.6 Å². The summed E-state index contributed by atoms with van der Waals surface area (Å²) in [5, 5.41) is 6.81. The van der Waals surface area contributed by atoms with Gasteiger partial charge in [-0.05, 0) is 25.3 Å². The van der Waals surface area contributed by atoms with Gasteiger partial charge in [-0.1, -0.05) is 30.3 Å². The lowest BCUT2D eigenvalue weighted by Crippen LogP contribution is -2.46. The minimum Gasteiger partial charge on any atom is -0.357 e. The van der Waals surface area contributed by atoms with Crippen LogP contribution in [0.25, 0.3) is 0 Å². The molecule has 2 fully saturated rings. The van der Waals surface area contributed by atoms with E-state index in [9.17, 15) is 0 Å². The van der Waals surface area contributed by atoms with Crippen LogP contribution in [0.3, 0.4) is 0 Å². The van der Waals surface area contributed by atoms with E-state index in [-0.39, 0.29) is 24.0 Å². The average Bonchev–Trinajstić information content (AvgIpc) is 3.42. The van der Waals surface area contributed by atoms with E-state index >= 15 is 0 Å². The van der Waals surface area contributed by atoms with Crippen molar-refractivity contribution in [2.24, 2.45) is 4.99 Å². The summed E-state index contributed by atoms with van der Waals surface area (Å²) in [6.07, 6.45) is 2.57. The molecule has 1 saturated heterocycles. The van der Waals surface area contributed by atoms with Gasteiger partial charge in [0.15, 0.2) is 5.96 Å². The fraction of sp³-hybridized carbons (Fsp3) is 0.632. The minimum absolute atomic E-state index is 0. The molecule has 0 atom stereocenters. The van der Waals surface area contributed by atoms with Crippen LogP contribution in [-0.2, 0) is 6.54 Å². The van der Waals surface area contributed by atoms with Crippen LogP contribution in [0.2, 0.25) is 0 Å². The summed E-state index contributed by atoms with van der Waals surface area (Å²) in [5.74, 6) is 0.989. The largest absolute Gasteiger partial charge is 0.357 e. The molecule has 5 nitrogen and oxygen atoms in total. The van der Waals surface area contributed by atoms with E-state index < -0.39 is 0 Å². The fourth-order valence-corrected chi connectivity index (χ4v) is 3.06. The van der Waals surface area contributed by atoms with E-state index in [0.29, 0.717) is 6.04 Å². The third-order valence-electron chi connectivity index (χ3n) is 4.66. The highest BCUT2D eigenvalue weighted by atomic mass is 127. The summed E-state index contributed by atoms with van der Waals surface area (Å²) >= 11 is 0. The second kappa shape index (κ2) is 11.0. The van der Waals surface area contributed by atoms with Crippen molar-refractivity contribution in [1.82, 2.24) is 20.4 Å². The molecule has 3 rings (SSSR count). The fourth-order valence-electron chi connectivity index (χ4n) is 3.06. The van der Waals surface area contributed by atoms with Crippen LogP contribution in [0.15, 0.2) is 35.3 Å². The molecule has 0 amide bonds. The molecule has 140 valence electrons. The predicted octanol–water partition coefficient (Wildman–Crippen LogP) is 2.14. The zero-order valence-electron chi connectivity index (χ0n) is 15.3. The van der Waals surface area contributed by atoms with Crippen LogP contribution < -0.4 is 10.6 Å². The Labute approximate surface area is 169 Å². The van der Waals surface area contributed by atoms with Gasteiger partial charge in [0.25, 0.3) is 0 Å². The highest BCUT2D eigenvalue weighted by molar-refractivity contribution is 14.0. The van der Waals surface area contributed by atoms with Gasteiger partial charge >= 0.3 is 0 Å². The molecule has 25 heavy (non-hydrogen) atoms. The molecule has 1 aliphatic carbocycles. The summed E-state index contributed by atoms with van der Waals surface area (Å²) in [4.78, 5) is 9.80. The maximum atomic E-state index is 4.71. The molecule has 1 aromatic rings. The topological polar surface area (TPSA) is 42.9 Å². The Hall–Kier alpha value is -0.860. The lowest BCUT2D eigenvalue weighted by atomic mass is 10.2. The van der Waals surface area contributed by atoms with Crippen molar-refractivity contribution in [3.05, 3.63) is 35.9 Å². The maximum Gasteiger partial charge on any atom is 0.191 e. The van der Waals surface area contributed by atoms with Crippen molar-refractivity contribution in [2.75, 3.05) is 45.8 Å². The Morgan fingerprint density at radius 1 is 1.08 bits per heavy atom. The van der Waals surface area contributed by atoms with Gasteiger partial charge in [-0.2, -0.15) is 0 Å². The van der Waals surface area contributed by atoms with E-state index in [1.807, 2.05) is 0 Å². The van der Waals surface area contributed by atoms with Crippen molar-refractivity contribution in [3.8, 4) is 0 Å². The van der Waals surface area contributed by atoms with E-state index in [1.54, 1.807) is 0 Å². The molecule has 2 N–H and O–H groups in total. The summed E-state index contributed by atoms with van der Waals surface area (Å²) in [5.41, 5.74) is 1.41. The van der Waals surface area contributed by atoms with Crippen LogP contribution >= 0.6 is 24.0 Å². The number of aliphatic imine (C=N–C) groups is 1. The Morgan fingerprint density at radius 2 is 1.76 bits per heavy atom. The SMILES string of the molecule is CCNC(=NCCN1CCN(Cc2ccccc2)CC1)NC1CC1.I. The summed E-state index contributed by atoms with van der Waals surface area (Å²) in [7, 11) is 0. The number of hydrogen-bond acceptors (Lipinski definition) is 3. The Kier molecular flexibility index (Phi) is 8.98. The highest BCUT2D eigenvalue weighted by Gasteiger charge is 2.22. The summed E-state index contributed by atoms with van der Waals surface area (Å²) < 4.78 is 0. The normalized spacial score (nSPS) is 19.3. The monoisotopic (exact) mass is 457 g/mol. The molecule has 2 aliphatic rings. The van der Waals surface area contributed by atoms with Crippen molar-refractivity contribution < 1.29 is 0 Å². The summed E-state index contributed by atoms with van der Waals surface area (Å²) in [6.45, 7) is 10.7. The number of piperazine rings is 1. The first kappa shape index (κ1) is 20.5. The van der Waals surface area contributed by atoms with Gasteiger partial charge in [0, 0.05) is 51.9 Å². The number of benzene rings is 1. The van der Waals surface area contributed by atoms with Crippen molar-refractivity contribution >= 4 is 29.9 Å². The zero-order chi connectivity index (χ0) is 16.6. The quantitative estimate of drug-likeness (QED) is 0.374. The molecule has 1 saturated carbocycles. The Balaban J connectivity index is 0.00000225. The molecule has 0 spiro atoms. The highest BCUT2D eigenvalue weighted by Crippen LogP contribution is 2.18.